The van der Waals surface area contributed by atoms with Crippen molar-refractivity contribution in [3.63, 3.8) is 0 Å². The number of ether oxygens (including phenoxy) is 1. The maximum absolute atomic E-state index is 12.3. The Balaban J connectivity index is 1.78. The van der Waals surface area contributed by atoms with E-state index in [-0.39, 0.29) is 24.5 Å². The molecular formula is C24H28N2O5. The quantitative estimate of drug-likeness (QED) is 0.441. The molecule has 2 aromatic rings. The Morgan fingerprint density at radius 2 is 1.45 bits per heavy atom. The van der Waals surface area contributed by atoms with Gasteiger partial charge in [0, 0.05) is 30.3 Å². The molecule has 0 fully saturated rings. The van der Waals surface area contributed by atoms with Crippen molar-refractivity contribution in [2.45, 2.75) is 52.6 Å². The van der Waals surface area contributed by atoms with Crippen molar-refractivity contribution in [1.82, 2.24) is 0 Å². The standard InChI is InChI=1S/C24H28N2O5/c1-4-5-18-6-8-19(9-7-18)22(28)14-15-23(29)31-16(2)24(30)26-21-12-10-20(11-13-21)25-17(3)27/h6-13,16H,4-5,14-15H2,1-3H3,(H,25,27)(H,26,30)/t16-/m0/s1. The number of ketones is 1. The van der Waals surface area contributed by atoms with E-state index in [1.165, 1.54) is 19.4 Å². The average molecular weight is 424 g/mol. The van der Waals surface area contributed by atoms with Crippen LogP contribution in [0.4, 0.5) is 11.4 Å². The van der Waals surface area contributed by atoms with Crippen LogP contribution in [0.1, 0.15) is 56.0 Å². The fourth-order valence-corrected chi connectivity index (χ4v) is 2.90. The van der Waals surface area contributed by atoms with Gasteiger partial charge in [0.15, 0.2) is 11.9 Å². The van der Waals surface area contributed by atoms with E-state index in [1.807, 2.05) is 12.1 Å². The highest BCUT2D eigenvalue weighted by Gasteiger charge is 2.19. The van der Waals surface area contributed by atoms with Gasteiger partial charge in [0.2, 0.25) is 5.91 Å². The van der Waals surface area contributed by atoms with E-state index in [0.717, 1.165) is 12.8 Å². The lowest BCUT2D eigenvalue weighted by molar-refractivity contribution is -0.153. The summed E-state index contributed by atoms with van der Waals surface area (Å²) in [7, 11) is 0. The molecule has 0 saturated carbocycles. The molecule has 0 saturated heterocycles. The van der Waals surface area contributed by atoms with Crippen LogP contribution < -0.4 is 10.6 Å². The summed E-state index contributed by atoms with van der Waals surface area (Å²) in [4.78, 5) is 47.6. The summed E-state index contributed by atoms with van der Waals surface area (Å²) < 4.78 is 5.14. The van der Waals surface area contributed by atoms with Crippen molar-refractivity contribution in [3.05, 3.63) is 59.7 Å². The van der Waals surface area contributed by atoms with E-state index in [9.17, 15) is 19.2 Å². The molecule has 2 aromatic carbocycles. The first-order valence-electron chi connectivity index (χ1n) is 10.3. The molecule has 0 heterocycles. The van der Waals surface area contributed by atoms with E-state index in [4.69, 9.17) is 4.74 Å². The van der Waals surface area contributed by atoms with Crippen molar-refractivity contribution in [1.29, 1.82) is 0 Å². The number of amides is 2. The van der Waals surface area contributed by atoms with Crippen LogP contribution in [0.3, 0.4) is 0 Å². The lowest BCUT2D eigenvalue weighted by Crippen LogP contribution is -2.30. The molecule has 2 amide bonds. The second-order valence-corrected chi connectivity index (χ2v) is 7.25. The zero-order valence-corrected chi connectivity index (χ0v) is 18.1. The number of rotatable bonds is 10. The van der Waals surface area contributed by atoms with Crippen molar-refractivity contribution in [3.8, 4) is 0 Å². The molecule has 0 aromatic heterocycles. The molecule has 0 aliphatic rings. The van der Waals surface area contributed by atoms with E-state index >= 15 is 0 Å². The summed E-state index contributed by atoms with van der Waals surface area (Å²) in [6.07, 6.45) is 0.905. The topological polar surface area (TPSA) is 102 Å². The van der Waals surface area contributed by atoms with Gasteiger partial charge in [0.1, 0.15) is 0 Å². The molecule has 7 nitrogen and oxygen atoms in total. The summed E-state index contributed by atoms with van der Waals surface area (Å²) in [5.74, 6) is -1.43. The number of carbonyl (C=O) groups is 4. The second kappa shape index (κ2) is 11.6. The molecular weight excluding hydrogens is 396 g/mol. The molecule has 0 aliphatic heterocycles. The number of carbonyl (C=O) groups excluding carboxylic acids is 4. The van der Waals surface area contributed by atoms with Crippen LogP contribution in [0.2, 0.25) is 0 Å². The second-order valence-electron chi connectivity index (χ2n) is 7.25. The van der Waals surface area contributed by atoms with Crippen LogP contribution in [-0.4, -0.2) is 29.7 Å². The monoisotopic (exact) mass is 424 g/mol. The maximum Gasteiger partial charge on any atom is 0.307 e. The molecule has 0 unspecified atom stereocenters. The first-order valence-corrected chi connectivity index (χ1v) is 10.3. The Labute approximate surface area is 182 Å². The van der Waals surface area contributed by atoms with Crippen LogP contribution in [0.5, 0.6) is 0 Å². The van der Waals surface area contributed by atoms with Gasteiger partial charge in [-0.2, -0.15) is 0 Å². The van der Waals surface area contributed by atoms with E-state index < -0.39 is 18.0 Å². The number of esters is 1. The summed E-state index contributed by atoms with van der Waals surface area (Å²) in [5.41, 5.74) is 2.84. The molecule has 0 aliphatic carbocycles. The first kappa shape index (κ1) is 23.8. The van der Waals surface area contributed by atoms with Gasteiger partial charge >= 0.3 is 5.97 Å². The van der Waals surface area contributed by atoms with Gasteiger partial charge in [0.05, 0.1) is 6.42 Å². The Bertz CT molecular complexity index is 920. The van der Waals surface area contributed by atoms with Crippen LogP contribution in [0.25, 0.3) is 0 Å². The molecule has 164 valence electrons. The minimum atomic E-state index is -1.01. The van der Waals surface area contributed by atoms with Crippen LogP contribution >= 0.6 is 0 Å². The lowest BCUT2D eigenvalue weighted by Gasteiger charge is -2.14. The van der Waals surface area contributed by atoms with Crippen molar-refractivity contribution in [2.75, 3.05) is 10.6 Å². The molecule has 0 radical (unpaired) electrons. The van der Waals surface area contributed by atoms with Crippen molar-refractivity contribution >= 4 is 34.9 Å². The smallest absolute Gasteiger partial charge is 0.307 e. The van der Waals surface area contributed by atoms with E-state index in [1.54, 1.807) is 36.4 Å². The largest absolute Gasteiger partial charge is 0.453 e. The highest BCUT2D eigenvalue weighted by atomic mass is 16.5. The lowest BCUT2D eigenvalue weighted by atomic mass is 10.0. The number of aryl methyl sites for hydroxylation is 1. The Hall–Kier alpha value is -3.48. The summed E-state index contributed by atoms with van der Waals surface area (Å²) >= 11 is 0. The highest BCUT2D eigenvalue weighted by Crippen LogP contribution is 2.15. The minimum absolute atomic E-state index is 0.0188. The molecule has 1 atom stereocenters. The number of hydrogen-bond donors (Lipinski definition) is 2. The summed E-state index contributed by atoms with van der Waals surface area (Å²) in [5, 5.41) is 5.27. The number of Topliss-reactive ketones (excluding diaryl/α,β-unsaturated/α-hetero) is 1. The predicted octanol–water partition coefficient (Wildman–Crippen LogP) is 4.13. The molecule has 2 N–H and O–H groups in total. The third-order valence-corrected chi connectivity index (χ3v) is 4.52. The third-order valence-electron chi connectivity index (χ3n) is 4.52. The predicted molar refractivity (Wildman–Crippen MR) is 119 cm³/mol. The average Bonchev–Trinajstić information content (AvgIpc) is 2.73. The molecule has 31 heavy (non-hydrogen) atoms. The van der Waals surface area contributed by atoms with Gasteiger partial charge in [-0.25, -0.2) is 0 Å². The normalized spacial score (nSPS) is 11.3. The summed E-state index contributed by atoms with van der Waals surface area (Å²) in [6, 6.07) is 13.9. The molecule has 0 spiro atoms. The number of anilines is 2. The number of hydrogen-bond acceptors (Lipinski definition) is 5. The zero-order chi connectivity index (χ0) is 22.8. The van der Waals surface area contributed by atoms with Gasteiger partial charge in [-0.15, -0.1) is 0 Å². The van der Waals surface area contributed by atoms with Crippen LogP contribution in [0.15, 0.2) is 48.5 Å². The zero-order valence-electron chi connectivity index (χ0n) is 18.1. The fourth-order valence-electron chi connectivity index (χ4n) is 2.90. The van der Waals surface area contributed by atoms with Gasteiger partial charge in [-0.1, -0.05) is 37.6 Å². The third kappa shape index (κ3) is 8.04. The first-order chi connectivity index (χ1) is 14.8. The fraction of sp³-hybridized carbons (Fsp3) is 0.333. The van der Waals surface area contributed by atoms with Gasteiger partial charge in [-0.05, 0) is 43.2 Å². The minimum Gasteiger partial charge on any atom is -0.453 e. The van der Waals surface area contributed by atoms with Gasteiger partial charge in [0.25, 0.3) is 5.91 Å². The van der Waals surface area contributed by atoms with Gasteiger partial charge < -0.3 is 15.4 Å². The van der Waals surface area contributed by atoms with Crippen molar-refractivity contribution < 1.29 is 23.9 Å². The molecule has 2 rings (SSSR count). The number of benzene rings is 2. The Kier molecular flexibility index (Phi) is 8.94. The SMILES string of the molecule is CCCc1ccc(C(=O)CCC(=O)O[C@@H](C)C(=O)Nc2ccc(NC(C)=O)cc2)cc1. The Morgan fingerprint density at radius 1 is 0.871 bits per heavy atom. The van der Waals surface area contributed by atoms with Gasteiger partial charge in [-0.3, -0.25) is 19.2 Å². The molecule has 7 heteroatoms. The summed E-state index contributed by atoms with van der Waals surface area (Å²) in [6.45, 7) is 4.96. The van der Waals surface area contributed by atoms with E-state index in [2.05, 4.69) is 17.6 Å². The highest BCUT2D eigenvalue weighted by molar-refractivity contribution is 5.98. The number of nitrogens with one attached hydrogen (secondary N) is 2. The van der Waals surface area contributed by atoms with Crippen LogP contribution in [-0.2, 0) is 25.5 Å². The maximum atomic E-state index is 12.3. The Morgan fingerprint density at radius 3 is 2.00 bits per heavy atom. The van der Waals surface area contributed by atoms with E-state index in [0.29, 0.717) is 16.9 Å². The van der Waals surface area contributed by atoms with Crippen LogP contribution in [0, 0.1) is 0 Å². The molecule has 0 bridgehead atoms. The van der Waals surface area contributed by atoms with Crippen molar-refractivity contribution in [2.24, 2.45) is 0 Å².